The number of hydrogen-bond acceptors (Lipinski definition) is 2. The summed E-state index contributed by atoms with van der Waals surface area (Å²) in [5.74, 6) is -0.830. The van der Waals surface area contributed by atoms with E-state index < -0.39 is 15.8 Å². The van der Waals surface area contributed by atoms with Crippen molar-refractivity contribution in [2.24, 2.45) is 0 Å². The van der Waals surface area contributed by atoms with Gasteiger partial charge in [-0.2, -0.15) is 0 Å². The minimum Gasteiger partial charge on any atom is -0.214 e. The Kier molecular flexibility index (Phi) is 3.36. The van der Waals surface area contributed by atoms with E-state index in [0.717, 1.165) is 12.1 Å². The molecule has 1 aromatic carbocycles. The molecule has 0 aromatic heterocycles. The van der Waals surface area contributed by atoms with E-state index in [-0.39, 0.29) is 14.9 Å². The monoisotopic (exact) mass is 257 g/mol. The first-order valence-electron chi connectivity index (χ1n) is 3.46. The molecule has 0 aliphatic carbocycles. The maximum Gasteiger partial charge on any atom is 0.240 e. The average Bonchev–Trinajstić information content (AvgIpc) is 2.13. The third-order valence-corrected chi connectivity index (χ3v) is 3.48. The van der Waals surface area contributed by atoms with Crippen molar-refractivity contribution in [1.82, 2.24) is 4.72 Å². The Morgan fingerprint density at radius 1 is 1.29 bits per heavy atom. The lowest BCUT2D eigenvalue weighted by Gasteiger charge is -2.04. The molecule has 0 aliphatic rings. The van der Waals surface area contributed by atoms with Crippen LogP contribution in [0.15, 0.2) is 17.0 Å². The van der Waals surface area contributed by atoms with E-state index in [0.29, 0.717) is 0 Å². The van der Waals surface area contributed by atoms with Gasteiger partial charge in [-0.1, -0.05) is 23.2 Å². The van der Waals surface area contributed by atoms with Gasteiger partial charge in [0.1, 0.15) is 0 Å². The van der Waals surface area contributed by atoms with Gasteiger partial charge in [0.25, 0.3) is 0 Å². The Morgan fingerprint density at radius 3 is 2.07 bits per heavy atom. The lowest BCUT2D eigenvalue weighted by atomic mass is 10.3. The summed E-state index contributed by atoms with van der Waals surface area (Å²) in [6.45, 7) is 0. The number of rotatable bonds is 2. The van der Waals surface area contributed by atoms with Crippen molar-refractivity contribution >= 4 is 33.2 Å². The lowest BCUT2D eigenvalue weighted by Crippen LogP contribution is -2.18. The van der Waals surface area contributed by atoms with Crippen molar-refractivity contribution in [2.75, 3.05) is 7.05 Å². The van der Waals surface area contributed by atoms with Crippen LogP contribution in [0.5, 0.6) is 0 Å². The molecule has 1 N–H and O–H groups in total. The first kappa shape index (κ1) is 11.7. The predicted molar refractivity (Wildman–Crippen MR) is 52.7 cm³/mol. The Balaban J connectivity index is 3.41. The summed E-state index contributed by atoms with van der Waals surface area (Å²) in [5.41, 5.74) is 0. The van der Waals surface area contributed by atoms with Crippen LogP contribution in [0.2, 0.25) is 10.0 Å². The number of hydrogen-bond donors (Lipinski definition) is 1. The molecule has 0 fully saturated rings. The molecule has 0 saturated carbocycles. The SMILES string of the molecule is CNS(=O)(=O)c1cc(Cl)c(F)c(Cl)c1. The highest BCUT2D eigenvalue weighted by atomic mass is 35.5. The van der Waals surface area contributed by atoms with Gasteiger partial charge in [0.05, 0.1) is 14.9 Å². The van der Waals surface area contributed by atoms with E-state index in [9.17, 15) is 12.8 Å². The van der Waals surface area contributed by atoms with E-state index in [1.165, 1.54) is 7.05 Å². The lowest BCUT2D eigenvalue weighted by molar-refractivity contribution is 0.587. The summed E-state index contributed by atoms with van der Waals surface area (Å²) >= 11 is 10.9. The van der Waals surface area contributed by atoms with Gasteiger partial charge >= 0.3 is 0 Å². The van der Waals surface area contributed by atoms with Gasteiger partial charge in [-0.25, -0.2) is 17.5 Å². The van der Waals surface area contributed by atoms with E-state index in [2.05, 4.69) is 4.72 Å². The van der Waals surface area contributed by atoms with E-state index in [1.807, 2.05) is 0 Å². The molecule has 0 heterocycles. The molecule has 14 heavy (non-hydrogen) atoms. The smallest absolute Gasteiger partial charge is 0.214 e. The zero-order valence-electron chi connectivity index (χ0n) is 7.01. The number of halogens is 3. The van der Waals surface area contributed by atoms with Gasteiger partial charge in [-0.05, 0) is 19.2 Å². The molecule has 1 rings (SSSR count). The van der Waals surface area contributed by atoms with Crippen LogP contribution in [0.4, 0.5) is 4.39 Å². The fourth-order valence-electron chi connectivity index (χ4n) is 0.805. The minimum atomic E-state index is -3.65. The van der Waals surface area contributed by atoms with Crippen molar-refractivity contribution in [2.45, 2.75) is 4.90 Å². The Hall–Kier alpha value is -0.360. The zero-order chi connectivity index (χ0) is 10.9. The van der Waals surface area contributed by atoms with Gasteiger partial charge in [0.15, 0.2) is 5.82 Å². The summed E-state index contributed by atoms with van der Waals surface area (Å²) < 4.78 is 37.5. The Bertz CT molecular complexity index is 438. The van der Waals surface area contributed by atoms with Crippen molar-refractivity contribution in [3.8, 4) is 0 Å². The maximum atomic E-state index is 12.9. The number of benzene rings is 1. The van der Waals surface area contributed by atoms with Crippen LogP contribution in [0, 0.1) is 5.82 Å². The standard InChI is InChI=1S/C7H6Cl2FNO2S/c1-11-14(12,13)4-2-5(8)7(10)6(9)3-4/h2-3,11H,1H3. The van der Waals surface area contributed by atoms with Crippen LogP contribution in [0.25, 0.3) is 0 Å². The molecule has 1 aromatic rings. The molecule has 0 atom stereocenters. The molecule has 0 aliphatic heterocycles. The second kappa shape index (κ2) is 4.02. The topological polar surface area (TPSA) is 46.2 Å². The summed E-state index contributed by atoms with van der Waals surface area (Å²) in [7, 11) is -2.41. The molecule has 0 unspecified atom stereocenters. The zero-order valence-corrected chi connectivity index (χ0v) is 9.34. The molecule has 0 amide bonds. The van der Waals surface area contributed by atoms with Crippen LogP contribution >= 0.6 is 23.2 Å². The second-order valence-electron chi connectivity index (χ2n) is 2.41. The van der Waals surface area contributed by atoms with Crippen LogP contribution in [-0.2, 0) is 10.0 Å². The highest BCUT2D eigenvalue weighted by molar-refractivity contribution is 7.89. The number of sulfonamides is 1. The van der Waals surface area contributed by atoms with Gasteiger partial charge in [-0.3, -0.25) is 0 Å². The highest BCUT2D eigenvalue weighted by Crippen LogP contribution is 2.26. The van der Waals surface area contributed by atoms with Crippen molar-refractivity contribution < 1.29 is 12.8 Å². The summed E-state index contributed by atoms with van der Waals surface area (Å²) in [4.78, 5) is -0.170. The summed E-state index contributed by atoms with van der Waals surface area (Å²) in [6, 6.07) is 1.99. The normalized spacial score (nSPS) is 11.7. The fraction of sp³-hybridized carbons (Fsp3) is 0.143. The molecular weight excluding hydrogens is 252 g/mol. The quantitative estimate of drug-likeness (QED) is 0.825. The molecule has 0 bridgehead atoms. The third kappa shape index (κ3) is 2.17. The first-order valence-corrected chi connectivity index (χ1v) is 5.70. The van der Waals surface area contributed by atoms with Crippen LogP contribution in [-0.4, -0.2) is 15.5 Å². The van der Waals surface area contributed by atoms with E-state index in [1.54, 1.807) is 0 Å². The Morgan fingerprint density at radius 2 is 1.71 bits per heavy atom. The molecule has 0 radical (unpaired) electrons. The fourth-order valence-corrected chi connectivity index (χ4v) is 2.20. The van der Waals surface area contributed by atoms with Crippen LogP contribution in [0.1, 0.15) is 0 Å². The molecule has 7 heteroatoms. The number of nitrogens with one attached hydrogen (secondary N) is 1. The van der Waals surface area contributed by atoms with Gasteiger partial charge in [0.2, 0.25) is 10.0 Å². The summed E-state index contributed by atoms with van der Waals surface area (Å²) in [6.07, 6.45) is 0. The van der Waals surface area contributed by atoms with Crippen LogP contribution < -0.4 is 4.72 Å². The molecule has 3 nitrogen and oxygen atoms in total. The van der Waals surface area contributed by atoms with E-state index >= 15 is 0 Å². The average molecular weight is 258 g/mol. The maximum absolute atomic E-state index is 12.9. The second-order valence-corrected chi connectivity index (χ2v) is 5.11. The van der Waals surface area contributed by atoms with Gasteiger partial charge in [-0.15, -0.1) is 0 Å². The molecular formula is C7H6Cl2FNO2S. The predicted octanol–water partition coefficient (Wildman–Crippen LogP) is 2.04. The third-order valence-electron chi connectivity index (χ3n) is 1.54. The minimum absolute atomic E-state index is 0.170. The summed E-state index contributed by atoms with van der Waals surface area (Å²) in [5, 5.41) is -0.655. The molecule has 0 saturated heterocycles. The van der Waals surface area contributed by atoms with Crippen LogP contribution in [0.3, 0.4) is 0 Å². The Labute approximate surface area is 90.9 Å². The van der Waals surface area contributed by atoms with Crippen molar-refractivity contribution in [3.05, 3.63) is 28.0 Å². The highest BCUT2D eigenvalue weighted by Gasteiger charge is 2.16. The molecule has 78 valence electrons. The van der Waals surface area contributed by atoms with Crippen molar-refractivity contribution in [3.63, 3.8) is 0 Å². The molecule has 0 spiro atoms. The largest absolute Gasteiger partial charge is 0.240 e. The first-order chi connectivity index (χ1) is 6.38. The van der Waals surface area contributed by atoms with Crippen molar-refractivity contribution in [1.29, 1.82) is 0 Å². The van der Waals surface area contributed by atoms with E-state index in [4.69, 9.17) is 23.2 Å². The van der Waals surface area contributed by atoms with Gasteiger partial charge < -0.3 is 0 Å². The van der Waals surface area contributed by atoms with Gasteiger partial charge in [0, 0.05) is 0 Å².